The Labute approximate surface area is 143 Å². The number of amides is 2. The number of carbonyl (C=O) groups excluding carboxylic acids is 2. The van der Waals surface area contributed by atoms with Gasteiger partial charge in [0.1, 0.15) is 5.75 Å². The Morgan fingerprint density at radius 3 is 2.35 bits per heavy atom. The van der Waals surface area contributed by atoms with Gasteiger partial charge in [-0.2, -0.15) is 0 Å². The summed E-state index contributed by atoms with van der Waals surface area (Å²) in [5.74, 6) is -0.193. The first-order valence-corrected chi connectivity index (χ1v) is 7.45. The van der Waals surface area contributed by atoms with Crippen molar-refractivity contribution in [1.29, 1.82) is 0 Å². The van der Waals surface area contributed by atoms with Crippen molar-refractivity contribution >= 4 is 46.4 Å². The van der Waals surface area contributed by atoms with Crippen LogP contribution in [0.4, 0.5) is 11.4 Å². The number of hydrogen-bond donors (Lipinski definition) is 2. The van der Waals surface area contributed by atoms with Crippen molar-refractivity contribution < 1.29 is 14.3 Å². The summed E-state index contributed by atoms with van der Waals surface area (Å²) >= 11 is 11.7. The van der Waals surface area contributed by atoms with Gasteiger partial charge in [-0.3, -0.25) is 9.59 Å². The van der Waals surface area contributed by atoms with Crippen LogP contribution in [0.5, 0.6) is 5.75 Å². The molecule has 0 atom stereocenters. The lowest BCUT2D eigenvalue weighted by molar-refractivity contribution is -0.118. The van der Waals surface area contributed by atoms with Gasteiger partial charge in [-0.15, -0.1) is 0 Å². The van der Waals surface area contributed by atoms with Crippen LogP contribution in [0.1, 0.15) is 6.92 Å². The van der Waals surface area contributed by atoms with Crippen molar-refractivity contribution in [2.45, 2.75) is 6.92 Å². The third-order valence-electron chi connectivity index (χ3n) is 2.70. The number of para-hydroxylation sites is 2. The zero-order valence-electron chi connectivity index (χ0n) is 12.2. The molecule has 2 aromatic carbocycles. The molecular weight excluding hydrogens is 339 g/mol. The normalized spacial score (nSPS) is 10.0. The summed E-state index contributed by atoms with van der Waals surface area (Å²) in [4.78, 5) is 23.1. The highest BCUT2D eigenvalue weighted by Crippen LogP contribution is 2.24. The summed E-state index contributed by atoms with van der Waals surface area (Å²) < 4.78 is 5.44. The maximum atomic E-state index is 11.9. The second kappa shape index (κ2) is 7.85. The van der Waals surface area contributed by atoms with E-state index in [4.69, 9.17) is 27.9 Å². The fourth-order valence-corrected chi connectivity index (χ4v) is 2.38. The molecule has 0 radical (unpaired) electrons. The van der Waals surface area contributed by atoms with Gasteiger partial charge in [-0.05, 0) is 30.3 Å². The maximum absolute atomic E-state index is 11.9. The fourth-order valence-electron chi connectivity index (χ4n) is 1.85. The first-order chi connectivity index (χ1) is 10.9. The summed E-state index contributed by atoms with van der Waals surface area (Å²) in [5, 5.41) is 6.11. The third kappa shape index (κ3) is 5.47. The molecular formula is C16H14Cl2N2O3. The van der Waals surface area contributed by atoms with Gasteiger partial charge in [0.2, 0.25) is 5.91 Å². The van der Waals surface area contributed by atoms with Gasteiger partial charge in [0, 0.05) is 22.7 Å². The fraction of sp³-hybridized carbons (Fsp3) is 0.125. The highest BCUT2D eigenvalue weighted by molar-refractivity contribution is 6.35. The molecule has 0 spiro atoms. The molecule has 23 heavy (non-hydrogen) atoms. The van der Waals surface area contributed by atoms with Crippen LogP contribution in [0.2, 0.25) is 10.0 Å². The van der Waals surface area contributed by atoms with Crippen LogP contribution in [0.3, 0.4) is 0 Å². The Balaban J connectivity index is 1.98. The summed E-state index contributed by atoms with van der Waals surface area (Å²) in [6.45, 7) is 1.17. The number of carbonyl (C=O) groups is 2. The van der Waals surface area contributed by atoms with Crippen molar-refractivity contribution in [3.05, 3.63) is 52.5 Å². The molecule has 5 nitrogen and oxygen atoms in total. The van der Waals surface area contributed by atoms with E-state index in [1.807, 2.05) is 0 Å². The quantitative estimate of drug-likeness (QED) is 0.855. The summed E-state index contributed by atoms with van der Waals surface area (Å²) in [5.41, 5.74) is 0.977. The van der Waals surface area contributed by atoms with Gasteiger partial charge < -0.3 is 15.4 Å². The second-order valence-corrected chi connectivity index (χ2v) is 5.55. The van der Waals surface area contributed by atoms with Gasteiger partial charge in [0.15, 0.2) is 6.61 Å². The summed E-state index contributed by atoms with van der Waals surface area (Å²) in [7, 11) is 0. The lowest BCUT2D eigenvalue weighted by Gasteiger charge is -2.12. The number of rotatable bonds is 5. The van der Waals surface area contributed by atoms with E-state index in [-0.39, 0.29) is 18.4 Å². The molecule has 0 saturated carbocycles. The Morgan fingerprint density at radius 1 is 1.04 bits per heavy atom. The third-order valence-corrected chi connectivity index (χ3v) is 3.14. The topological polar surface area (TPSA) is 67.4 Å². The van der Waals surface area contributed by atoms with Crippen molar-refractivity contribution in [2.75, 3.05) is 17.2 Å². The molecule has 0 fully saturated rings. The molecule has 7 heteroatoms. The standard InChI is InChI=1S/C16H14Cl2N2O3/c1-10(21)19-14-4-2-3-5-15(14)23-9-16(22)20-13-7-11(17)6-12(18)8-13/h2-8H,9H2,1H3,(H,19,21)(H,20,22). The van der Waals surface area contributed by atoms with E-state index in [9.17, 15) is 9.59 Å². The van der Waals surface area contributed by atoms with E-state index in [1.54, 1.807) is 42.5 Å². The van der Waals surface area contributed by atoms with Crippen molar-refractivity contribution in [2.24, 2.45) is 0 Å². The Kier molecular flexibility index (Phi) is 5.84. The smallest absolute Gasteiger partial charge is 0.262 e. The van der Waals surface area contributed by atoms with E-state index in [0.29, 0.717) is 27.2 Å². The SMILES string of the molecule is CC(=O)Nc1ccccc1OCC(=O)Nc1cc(Cl)cc(Cl)c1. The van der Waals surface area contributed by atoms with E-state index in [0.717, 1.165) is 0 Å². The monoisotopic (exact) mass is 352 g/mol. The number of anilines is 2. The largest absolute Gasteiger partial charge is 0.482 e. The second-order valence-electron chi connectivity index (χ2n) is 4.67. The molecule has 2 aromatic rings. The molecule has 0 saturated heterocycles. The molecule has 2 amide bonds. The van der Waals surface area contributed by atoms with E-state index in [1.165, 1.54) is 6.92 Å². The van der Waals surface area contributed by atoms with E-state index in [2.05, 4.69) is 10.6 Å². The lowest BCUT2D eigenvalue weighted by Crippen LogP contribution is -2.20. The Bertz CT molecular complexity index is 715. The molecule has 0 bridgehead atoms. The molecule has 120 valence electrons. The van der Waals surface area contributed by atoms with Crippen LogP contribution in [0, 0.1) is 0 Å². The molecule has 0 heterocycles. The van der Waals surface area contributed by atoms with Crippen LogP contribution in [0.25, 0.3) is 0 Å². The lowest BCUT2D eigenvalue weighted by atomic mass is 10.3. The predicted molar refractivity (Wildman–Crippen MR) is 91.3 cm³/mol. The van der Waals surface area contributed by atoms with Gasteiger partial charge in [-0.1, -0.05) is 35.3 Å². The van der Waals surface area contributed by atoms with Crippen LogP contribution in [0.15, 0.2) is 42.5 Å². The molecule has 0 aliphatic carbocycles. The average Bonchev–Trinajstić information content (AvgIpc) is 2.44. The van der Waals surface area contributed by atoms with Gasteiger partial charge in [-0.25, -0.2) is 0 Å². The number of ether oxygens (including phenoxy) is 1. The van der Waals surface area contributed by atoms with Crippen LogP contribution < -0.4 is 15.4 Å². The maximum Gasteiger partial charge on any atom is 0.262 e. The molecule has 2 N–H and O–H groups in total. The van der Waals surface area contributed by atoms with E-state index >= 15 is 0 Å². The minimum absolute atomic E-state index is 0.221. The van der Waals surface area contributed by atoms with Crippen LogP contribution >= 0.6 is 23.2 Å². The van der Waals surface area contributed by atoms with E-state index < -0.39 is 0 Å². The van der Waals surface area contributed by atoms with Crippen LogP contribution in [-0.4, -0.2) is 18.4 Å². The first kappa shape index (κ1) is 17.1. The zero-order valence-corrected chi connectivity index (χ0v) is 13.7. The molecule has 0 aliphatic heterocycles. The molecule has 0 aromatic heterocycles. The Hall–Kier alpha value is -2.24. The first-order valence-electron chi connectivity index (χ1n) is 6.69. The summed E-state index contributed by atoms with van der Waals surface area (Å²) in [6, 6.07) is 11.6. The molecule has 2 rings (SSSR count). The van der Waals surface area contributed by atoms with Crippen molar-refractivity contribution in [3.63, 3.8) is 0 Å². The predicted octanol–water partition coefficient (Wildman–Crippen LogP) is 3.97. The Morgan fingerprint density at radius 2 is 1.70 bits per heavy atom. The molecule has 0 aliphatic rings. The minimum Gasteiger partial charge on any atom is -0.482 e. The van der Waals surface area contributed by atoms with Crippen molar-refractivity contribution in [1.82, 2.24) is 0 Å². The number of nitrogens with one attached hydrogen (secondary N) is 2. The molecule has 0 unspecified atom stereocenters. The van der Waals surface area contributed by atoms with Crippen molar-refractivity contribution in [3.8, 4) is 5.75 Å². The van der Waals surface area contributed by atoms with Gasteiger partial charge in [0.05, 0.1) is 5.69 Å². The van der Waals surface area contributed by atoms with Crippen LogP contribution in [-0.2, 0) is 9.59 Å². The highest BCUT2D eigenvalue weighted by Gasteiger charge is 2.08. The van der Waals surface area contributed by atoms with Gasteiger partial charge in [0.25, 0.3) is 5.91 Å². The number of halogens is 2. The minimum atomic E-state index is -0.374. The summed E-state index contributed by atoms with van der Waals surface area (Å²) in [6.07, 6.45) is 0. The van der Waals surface area contributed by atoms with Gasteiger partial charge >= 0.3 is 0 Å². The average molecular weight is 353 g/mol. The zero-order chi connectivity index (χ0) is 16.8. The number of hydrogen-bond acceptors (Lipinski definition) is 3. The highest BCUT2D eigenvalue weighted by atomic mass is 35.5. The number of benzene rings is 2.